The molecule has 0 radical (unpaired) electrons. The van der Waals surface area contributed by atoms with E-state index in [1.54, 1.807) is 0 Å². The van der Waals surface area contributed by atoms with Gasteiger partial charge in [0.1, 0.15) is 0 Å². The smallest absolute Gasteiger partial charge is 0.0542 e. The van der Waals surface area contributed by atoms with Crippen LogP contribution >= 0.6 is 15.9 Å². The SMILES string of the molecule is CN(CBr)C1CCOCC1. The van der Waals surface area contributed by atoms with Crippen LogP contribution in [-0.4, -0.2) is 36.7 Å². The van der Waals surface area contributed by atoms with Crippen molar-refractivity contribution in [1.82, 2.24) is 4.90 Å². The first-order chi connectivity index (χ1) is 4.84. The van der Waals surface area contributed by atoms with Crippen LogP contribution in [0.15, 0.2) is 0 Å². The summed E-state index contributed by atoms with van der Waals surface area (Å²) in [5.41, 5.74) is 0.970. The monoisotopic (exact) mass is 207 g/mol. The van der Waals surface area contributed by atoms with Crippen molar-refractivity contribution >= 4 is 15.9 Å². The number of nitrogens with zero attached hydrogens (tertiary/aromatic N) is 1. The van der Waals surface area contributed by atoms with Gasteiger partial charge in [-0.25, -0.2) is 0 Å². The molecule has 0 aromatic rings. The van der Waals surface area contributed by atoms with E-state index in [0.29, 0.717) is 0 Å². The van der Waals surface area contributed by atoms with Gasteiger partial charge in [-0.1, -0.05) is 15.9 Å². The fourth-order valence-corrected chi connectivity index (χ4v) is 1.63. The molecule has 0 aromatic carbocycles. The molecule has 10 heavy (non-hydrogen) atoms. The summed E-state index contributed by atoms with van der Waals surface area (Å²) < 4.78 is 5.25. The van der Waals surface area contributed by atoms with Crippen molar-refractivity contribution in [3.8, 4) is 0 Å². The fourth-order valence-electron chi connectivity index (χ4n) is 1.22. The Bertz CT molecular complexity index is 93.6. The summed E-state index contributed by atoms with van der Waals surface area (Å²) in [7, 11) is 2.14. The van der Waals surface area contributed by atoms with Gasteiger partial charge in [0.05, 0.1) is 5.45 Å². The lowest BCUT2D eigenvalue weighted by Gasteiger charge is -2.29. The van der Waals surface area contributed by atoms with Gasteiger partial charge in [0, 0.05) is 19.3 Å². The van der Waals surface area contributed by atoms with E-state index in [2.05, 4.69) is 27.9 Å². The molecule has 2 nitrogen and oxygen atoms in total. The van der Waals surface area contributed by atoms with E-state index < -0.39 is 0 Å². The Balaban J connectivity index is 2.24. The van der Waals surface area contributed by atoms with Crippen LogP contribution in [0.3, 0.4) is 0 Å². The maximum absolute atomic E-state index is 5.25. The van der Waals surface area contributed by atoms with Crippen molar-refractivity contribution in [3.63, 3.8) is 0 Å². The van der Waals surface area contributed by atoms with E-state index in [9.17, 15) is 0 Å². The highest BCUT2D eigenvalue weighted by Crippen LogP contribution is 2.12. The van der Waals surface area contributed by atoms with Crippen molar-refractivity contribution in [2.24, 2.45) is 0 Å². The average Bonchev–Trinajstić information content (AvgIpc) is 2.05. The third-order valence-electron chi connectivity index (χ3n) is 2.00. The molecule has 1 saturated heterocycles. The predicted octanol–water partition coefficient (Wildman–Crippen LogP) is 1.45. The summed E-state index contributed by atoms with van der Waals surface area (Å²) in [4.78, 5) is 2.32. The number of ether oxygens (including phenoxy) is 1. The van der Waals surface area contributed by atoms with Crippen LogP contribution < -0.4 is 0 Å². The highest BCUT2D eigenvalue weighted by molar-refractivity contribution is 9.09. The normalized spacial score (nSPS) is 21.9. The lowest BCUT2D eigenvalue weighted by Crippen LogP contribution is -2.35. The van der Waals surface area contributed by atoms with Crippen LogP contribution in [0.25, 0.3) is 0 Å². The van der Waals surface area contributed by atoms with Gasteiger partial charge in [-0.05, 0) is 19.9 Å². The molecule has 0 saturated carbocycles. The minimum atomic E-state index is 0.730. The van der Waals surface area contributed by atoms with Gasteiger partial charge in [0.15, 0.2) is 0 Å². The Hall–Kier alpha value is 0.400. The van der Waals surface area contributed by atoms with Gasteiger partial charge in [-0.3, -0.25) is 4.90 Å². The molecule has 0 spiro atoms. The summed E-state index contributed by atoms with van der Waals surface area (Å²) in [6.45, 7) is 1.87. The summed E-state index contributed by atoms with van der Waals surface area (Å²) in [6.07, 6.45) is 2.37. The van der Waals surface area contributed by atoms with Crippen LogP contribution in [0.1, 0.15) is 12.8 Å². The van der Waals surface area contributed by atoms with Crippen LogP contribution in [-0.2, 0) is 4.74 Å². The second-order valence-electron chi connectivity index (χ2n) is 2.72. The molecule has 1 aliphatic rings. The van der Waals surface area contributed by atoms with Gasteiger partial charge in [0.2, 0.25) is 0 Å². The maximum atomic E-state index is 5.25. The molecule has 0 aliphatic carbocycles. The molecule has 1 heterocycles. The lowest BCUT2D eigenvalue weighted by atomic mass is 10.1. The third-order valence-corrected chi connectivity index (χ3v) is 2.79. The summed E-state index contributed by atoms with van der Waals surface area (Å²) in [6, 6.07) is 0.730. The van der Waals surface area contributed by atoms with E-state index in [4.69, 9.17) is 4.74 Å². The molecule has 1 aliphatic heterocycles. The number of alkyl halides is 1. The Morgan fingerprint density at radius 1 is 1.50 bits per heavy atom. The summed E-state index contributed by atoms with van der Waals surface area (Å²) in [5.74, 6) is 0. The van der Waals surface area contributed by atoms with Gasteiger partial charge in [0.25, 0.3) is 0 Å². The lowest BCUT2D eigenvalue weighted by molar-refractivity contribution is 0.0493. The van der Waals surface area contributed by atoms with Gasteiger partial charge >= 0.3 is 0 Å². The summed E-state index contributed by atoms with van der Waals surface area (Å²) in [5, 5.41) is 0. The highest BCUT2D eigenvalue weighted by atomic mass is 79.9. The molecule has 0 atom stereocenters. The molecular formula is C7H14BrNO. The van der Waals surface area contributed by atoms with Crippen molar-refractivity contribution in [1.29, 1.82) is 0 Å². The van der Waals surface area contributed by atoms with E-state index in [-0.39, 0.29) is 0 Å². The minimum Gasteiger partial charge on any atom is -0.381 e. The van der Waals surface area contributed by atoms with Crippen molar-refractivity contribution < 1.29 is 4.74 Å². The molecule has 60 valence electrons. The second-order valence-corrected chi connectivity index (χ2v) is 3.22. The molecule has 0 bridgehead atoms. The van der Waals surface area contributed by atoms with Gasteiger partial charge in [-0.15, -0.1) is 0 Å². The molecule has 3 heteroatoms. The molecule has 0 N–H and O–H groups in total. The minimum absolute atomic E-state index is 0.730. The molecular weight excluding hydrogens is 194 g/mol. The molecule has 0 aromatic heterocycles. The second kappa shape index (κ2) is 4.31. The van der Waals surface area contributed by atoms with E-state index in [0.717, 1.165) is 24.7 Å². The third kappa shape index (κ3) is 2.22. The largest absolute Gasteiger partial charge is 0.381 e. The zero-order valence-corrected chi connectivity index (χ0v) is 7.93. The molecule has 0 unspecified atom stereocenters. The molecule has 1 fully saturated rings. The van der Waals surface area contributed by atoms with Crippen molar-refractivity contribution in [3.05, 3.63) is 0 Å². The Morgan fingerprint density at radius 2 is 2.10 bits per heavy atom. The quantitative estimate of drug-likeness (QED) is 0.503. The Morgan fingerprint density at radius 3 is 2.60 bits per heavy atom. The van der Waals surface area contributed by atoms with Crippen LogP contribution in [0.2, 0.25) is 0 Å². The first kappa shape index (κ1) is 8.50. The Labute approximate surface area is 70.7 Å². The van der Waals surface area contributed by atoms with Crippen LogP contribution in [0.5, 0.6) is 0 Å². The molecule has 1 rings (SSSR count). The van der Waals surface area contributed by atoms with Crippen molar-refractivity contribution in [2.45, 2.75) is 18.9 Å². The van der Waals surface area contributed by atoms with Crippen LogP contribution in [0.4, 0.5) is 0 Å². The molecule has 0 amide bonds. The topological polar surface area (TPSA) is 12.5 Å². The predicted molar refractivity (Wildman–Crippen MR) is 45.4 cm³/mol. The number of halogens is 1. The number of hydrogen-bond donors (Lipinski definition) is 0. The summed E-state index contributed by atoms with van der Waals surface area (Å²) >= 11 is 3.44. The Kier molecular flexibility index (Phi) is 3.66. The van der Waals surface area contributed by atoms with E-state index in [1.807, 2.05) is 0 Å². The number of rotatable bonds is 2. The zero-order valence-electron chi connectivity index (χ0n) is 6.35. The van der Waals surface area contributed by atoms with Crippen molar-refractivity contribution in [2.75, 3.05) is 25.7 Å². The van der Waals surface area contributed by atoms with Gasteiger partial charge in [-0.2, -0.15) is 0 Å². The van der Waals surface area contributed by atoms with E-state index in [1.165, 1.54) is 12.8 Å². The maximum Gasteiger partial charge on any atom is 0.0542 e. The first-order valence-electron chi connectivity index (χ1n) is 3.68. The average molecular weight is 208 g/mol. The first-order valence-corrected chi connectivity index (χ1v) is 4.80. The van der Waals surface area contributed by atoms with E-state index >= 15 is 0 Å². The fraction of sp³-hybridized carbons (Fsp3) is 1.00. The van der Waals surface area contributed by atoms with Gasteiger partial charge < -0.3 is 4.74 Å². The zero-order chi connectivity index (χ0) is 7.40. The van der Waals surface area contributed by atoms with Crippen LogP contribution in [0, 0.1) is 0 Å². The number of hydrogen-bond acceptors (Lipinski definition) is 2. The highest BCUT2D eigenvalue weighted by Gasteiger charge is 2.16. The standard InChI is InChI=1S/C7H14BrNO/c1-9(6-8)7-2-4-10-5-3-7/h7H,2-6H2,1H3.